The van der Waals surface area contributed by atoms with Gasteiger partial charge in [-0.1, -0.05) is 45.7 Å². The van der Waals surface area contributed by atoms with Crippen LogP contribution in [0.15, 0.2) is 46.9 Å². The molecule has 0 spiro atoms. The fraction of sp³-hybridized carbons (Fsp3) is 0.250. The predicted molar refractivity (Wildman–Crippen MR) is 87.4 cm³/mol. The molecule has 0 aliphatic carbocycles. The molecule has 2 aromatic rings. The van der Waals surface area contributed by atoms with E-state index in [0.717, 1.165) is 32.9 Å². The molecule has 0 aromatic heterocycles. The van der Waals surface area contributed by atoms with Crippen molar-refractivity contribution in [1.29, 1.82) is 0 Å². The third-order valence-corrected chi connectivity index (χ3v) is 4.05. The lowest BCUT2D eigenvalue weighted by atomic mass is 10.1. The quantitative estimate of drug-likeness (QED) is 0.819. The molecule has 0 radical (unpaired) electrons. The summed E-state index contributed by atoms with van der Waals surface area (Å²) >= 11 is 9.70. The highest BCUT2D eigenvalue weighted by Gasteiger charge is 2.10. The van der Waals surface area contributed by atoms with Crippen molar-refractivity contribution in [2.45, 2.75) is 19.5 Å². The summed E-state index contributed by atoms with van der Waals surface area (Å²) in [5.41, 5.74) is 2.21. The van der Waals surface area contributed by atoms with Crippen molar-refractivity contribution in [1.82, 2.24) is 5.32 Å². The molecule has 2 nitrogen and oxygen atoms in total. The molecule has 106 valence electrons. The molecule has 1 unspecified atom stereocenters. The molecule has 0 amide bonds. The van der Waals surface area contributed by atoms with Crippen molar-refractivity contribution in [3.8, 4) is 5.75 Å². The lowest BCUT2D eigenvalue weighted by molar-refractivity contribution is 0.406. The lowest BCUT2D eigenvalue weighted by Gasteiger charge is -2.17. The van der Waals surface area contributed by atoms with Crippen LogP contribution in [-0.4, -0.2) is 7.11 Å². The maximum Gasteiger partial charge on any atom is 0.123 e. The Morgan fingerprint density at radius 2 is 2.00 bits per heavy atom. The predicted octanol–water partition coefficient (Wildman–Crippen LogP) is 4.96. The molecular weight excluding hydrogens is 338 g/mol. The van der Waals surface area contributed by atoms with Crippen molar-refractivity contribution in [2.24, 2.45) is 0 Å². The van der Waals surface area contributed by atoms with Gasteiger partial charge in [0.25, 0.3) is 0 Å². The van der Waals surface area contributed by atoms with E-state index in [9.17, 15) is 0 Å². The van der Waals surface area contributed by atoms with E-state index < -0.39 is 0 Å². The number of ether oxygens (including phenoxy) is 1. The van der Waals surface area contributed by atoms with E-state index in [4.69, 9.17) is 16.3 Å². The monoisotopic (exact) mass is 353 g/mol. The van der Waals surface area contributed by atoms with Gasteiger partial charge in [-0.05, 0) is 36.8 Å². The fourth-order valence-corrected chi connectivity index (χ4v) is 2.79. The van der Waals surface area contributed by atoms with Crippen LogP contribution in [0.1, 0.15) is 24.1 Å². The summed E-state index contributed by atoms with van der Waals surface area (Å²) in [5, 5.41) is 4.26. The third-order valence-electron chi connectivity index (χ3n) is 3.21. The van der Waals surface area contributed by atoms with Gasteiger partial charge >= 0.3 is 0 Å². The second kappa shape index (κ2) is 7.11. The molecule has 2 aromatic carbocycles. The molecule has 0 aliphatic rings. The van der Waals surface area contributed by atoms with Gasteiger partial charge in [-0.2, -0.15) is 0 Å². The minimum absolute atomic E-state index is 0.174. The number of nitrogens with one attached hydrogen (secondary N) is 1. The smallest absolute Gasteiger partial charge is 0.123 e. The molecular formula is C16H17BrClNO. The second-order valence-electron chi connectivity index (χ2n) is 4.58. The SMILES string of the molecule is COc1ccc(Br)cc1CNC(C)c1ccccc1Cl. The molecule has 0 saturated carbocycles. The fourth-order valence-electron chi connectivity index (χ4n) is 2.08. The minimum atomic E-state index is 0.174. The first-order valence-electron chi connectivity index (χ1n) is 6.42. The van der Waals surface area contributed by atoms with E-state index in [1.807, 2.05) is 36.4 Å². The van der Waals surface area contributed by atoms with Crippen LogP contribution in [0.25, 0.3) is 0 Å². The van der Waals surface area contributed by atoms with Crippen molar-refractivity contribution in [2.75, 3.05) is 7.11 Å². The van der Waals surface area contributed by atoms with Crippen molar-refractivity contribution < 1.29 is 4.74 Å². The Balaban J connectivity index is 2.09. The normalized spacial score (nSPS) is 12.2. The molecule has 1 N–H and O–H groups in total. The van der Waals surface area contributed by atoms with Gasteiger partial charge in [0, 0.05) is 27.6 Å². The van der Waals surface area contributed by atoms with Gasteiger partial charge in [-0.15, -0.1) is 0 Å². The summed E-state index contributed by atoms with van der Waals surface area (Å²) in [7, 11) is 1.68. The van der Waals surface area contributed by atoms with E-state index in [0.29, 0.717) is 0 Å². The summed E-state index contributed by atoms with van der Waals surface area (Å²) < 4.78 is 6.42. The van der Waals surface area contributed by atoms with Crippen LogP contribution < -0.4 is 10.1 Å². The summed E-state index contributed by atoms with van der Waals surface area (Å²) in [5.74, 6) is 0.882. The molecule has 0 saturated heterocycles. The van der Waals surface area contributed by atoms with E-state index in [2.05, 4.69) is 34.2 Å². The standard InChI is InChI=1S/C16H17BrClNO/c1-11(14-5-3-4-6-15(14)18)19-10-12-9-13(17)7-8-16(12)20-2/h3-9,11,19H,10H2,1-2H3. The number of methoxy groups -OCH3 is 1. The van der Waals surface area contributed by atoms with Gasteiger partial charge in [0.05, 0.1) is 7.11 Å². The third kappa shape index (κ3) is 3.75. The molecule has 0 heterocycles. The minimum Gasteiger partial charge on any atom is -0.496 e. The maximum absolute atomic E-state index is 6.21. The Labute approximate surface area is 133 Å². The van der Waals surface area contributed by atoms with Crippen LogP contribution in [0.5, 0.6) is 5.75 Å². The van der Waals surface area contributed by atoms with Crippen molar-refractivity contribution in [3.63, 3.8) is 0 Å². The van der Waals surface area contributed by atoms with E-state index in [-0.39, 0.29) is 6.04 Å². The number of benzene rings is 2. The van der Waals surface area contributed by atoms with Crippen LogP contribution in [0.4, 0.5) is 0 Å². The Morgan fingerprint density at radius 1 is 1.25 bits per heavy atom. The highest BCUT2D eigenvalue weighted by Crippen LogP contribution is 2.25. The van der Waals surface area contributed by atoms with Crippen LogP contribution in [-0.2, 0) is 6.54 Å². The Morgan fingerprint density at radius 3 is 2.70 bits per heavy atom. The molecule has 0 aliphatic heterocycles. The van der Waals surface area contributed by atoms with Crippen molar-refractivity contribution >= 4 is 27.5 Å². The molecule has 0 bridgehead atoms. The zero-order valence-corrected chi connectivity index (χ0v) is 13.8. The second-order valence-corrected chi connectivity index (χ2v) is 5.90. The highest BCUT2D eigenvalue weighted by molar-refractivity contribution is 9.10. The van der Waals surface area contributed by atoms with Gasteiger partial charge in [0.2, 0.25) is 0 Å². The highest BCUT2D eigenvalue weighted by atomic mass is 79.9. The van der Waals surface area contributed by atoms with Crippen LogP contribution in [0, 0.1) is 0 Å². The average molecular weight is 355 g/mol. The molecule has 2 rings (SSSR count). The van der Waals surface area contributed by atoms with E-state index in [1.165, 1.54) is 0 Å². The number of hydrogen-bond acceptors (Lipinski definition) is 2. The zero-order chi connectivity index (χ0) is 14.5. The maximum atomic E-state index is 6.21. The summed E-state index contributed by atoms with van der Waals surface area (Å²) in [6.07, 6.45) is 0. The number of hydrogen-bond donors (Lipinski definition) is 1. The number of rotatable bonds is 5. The molecule has 1 atom stereocenters. The van der Waals surface area contributed by atoms with Gasteiger partial charge in [-0.25, -0.2) is 0 Å². The Bertz CT molecular complexity index is 588. The first kappa shape index (κ1) is 15.4. The number of halogens is 2. The molecule has 20 heavy (non-hydrogen) atoms. The summed E-state index contributed by atoms with van der Waals surface area (Å²) in [4.78, 5) is 0. The molecule has 4 heteroatoms. The van der Waals surface area contributed by atoms with Gasteiger partial charge in [0.15, 0.2) is 0 Å². The lowest BCUT2D eigenvalue weighted by Crippen LogP contribution is -2.18. The van der Waals surface area contributed by atoms with Crippen LogP contribution in [0.3, 0.4) is 0 Å². The van der Waals surface area contributed by atoms with E-state index in [1.54, 1.807) is 7.11 Å². The topological polar surface area (TPSA) is 21.3 Å². The van der Waals surface area contributed by atoms with Gasteiger partial charge in [-0.3, -0.25) is 0 Å². The van der Waals surface area contributed by atoms with Crippen LogP contribution in [0.2, 0.25) is 5.02 Å². The average Bonchev–Trinajstić information content (AvgIpc) is 2.45. The van der Waals surface area contributed by atoms with Gasteiger partial charge < -0.3 is 10.1 Å². The first-order valence-corrected chi connectivity index (χ1v) is 7.59. The summed E-state index contributed by atoms with van der Waals surface area (Å²) in [6.45, 7) is 2.82. The van der Waals surface area contributed by atoms with Gasteiger partial charge in [0.1, 0.15) is 5.75 Å². The Kier molecular flexibility index (Phi) is 5.46. The largest absolute Gasteiger partial charge is 0.496 e. The van der Waals surface area contributed by atoms with Crippen LogP contribution >= 0.6 is 27.5 Å². The summed E-state index contributed by atoms with van der Waals surface area (Å²) in [6, 6.07) is 14.1. The molecule has 0 fully saturated rings. The zero-order valence-electron chi connectivity index (χ0n) is 11.5. The van der Waals surface area contributed by atoms with E-state index >= 15 is 0 Å². The first-order chi connectivity index (χ1) is 9.61. The Hall–Kier alpha value is -1.03. The van der Waals surface area contributed by atoms with Crippen molar-refractivity contribution in [3.05, 3.63) is 63.1 Å².